The van der Waals surface area contributed by atoms with Crippen molar-refractivity contribution < 1.29 is 13.2 Å². The smallest absolute Gasteiger partial charge is 0.330 e. The van der Waals surface area contributed by atoms with Crippen LogP contribution in [0.3, 0.4) is 0 Å². The van der Waals surface area contributed by atoms with Crippen LogP contribution in [0.25, 0.3) is 0 Å². The Kier molecular flexibility index (Phi) is 2.95. The minimum absolute atomic E-state index is 0.108. The Hall–Kier alpha value is -0.290. The van der Waals surface area contributed by atoms with E-state index in [1.54, 1.807) is 0 Å². The van der Waals surface area contributed by atoms with Crippen LogP contribution in [0.2, 0.25) is 0 Å². The van der Waals surface area contributed by atoms with Crippen LogP contribution in [0.4, 0.5) is 13.2 Å². The van der Waals surface area contributed by atoms with Crippen molar-refractivity contribution >= 4 is 0 Å². The second kappa shape index (κ2) is 3.62. The van der Waals surface area contributed by atoms with Crippen LogP contribution in [0.15, 0.2) is 0 Å². The van der Waals surface area contributed by atoms with Gasteiger partial charge in [-0.1, -0.05) is 0 Å². The number of rotatable bonds is 1. The summed E-state index contributed by atoms with van der Waals surface area (Å²) in [6.45, 7) is 0.553. The third-order valence-electron chi connectivity index (χ3n) is 2.24. The zero-order valence-corrected chi connectivity index (χ0v) is 6.69. The summed E-state index contributed by atoms with van der Waals surface area (Å²) in [5.74, 6) is -0.446. The molecule has 0 bridgehead atoms. The van der Waals surface area contributed by atoms with Crippen LogP contribution in [-0.2, 0) is 0 Å². The summed E-state index contributed by atoms with van der Waals surface area (Å²) in [6.07, 6.45) is -2.79. The number of hydrogen-bond acceptors (Lipinski definition) is 2. The Morgan fingerprint density at radius 1 is 1.42 bits per heavy atom. The molecule has 1 aliphatic rings. The fraction of sp³-hybridized carbons (Fsp3) is 1.00. The lowest BCUT2D eigenvalue weighted by Crippen LogP contribution is -2.52. The molecule has 0 aromatic rings. The number of nitrogens with two attached hydrogens (primary N) is 1. The summed E-state index contributed by atoms with van der Waals surface area (Å²) in [4.78, 5) is 0. The van der Waals surface area contributed by atoms with E-state index < -0.39 is 18.1 Å². The molecule has 2 nitrogen and oxygen atoms in total. The molecule has 0 radical (unpaired) electrons. The lowest BCUT2D eigenvalue weighted by Gasteiger charge is -2.33. The van der Waals surface area contributed by atoms with Crippen molar-refractivity contribution in [3.63, 3.8) is 0 Å². The fourth-order valence-electron chi connectivity index (χ4n) is 1.59. The van der Waals surface area contributed by atoms with Gasteiger partial charge in [0.25, 0.3) is 0 Å². The zero-order valence-electron chi connectivity index (χ0n) is 6.69. The van der Waals surface area contributed by atoms with Gasteiger partial charge in [0.15, 0.2) is 0 Å². The highest BCUT2D eigenvalue weighted by molar-refractivity contribution is 4.86. The molecular formula is C7H13F3N2. The Labute approximate surface area is 69.3 Å². The van der Waals surface area contributed by atoms with E-state index in [9.17, 15) is 13.2 Å². The van der Waals surface area contributed by atoms with Crippen molar-refractivity contribution in [1.82, 2.24) is 5.32 Å². The standard InChI is InChI=1S/C7H13F3N2/c8-7(9,10)6-5(4-11)2-1-3-12-6/h5-6,12H,1-4,11H2/t5-,6-/m0/s1. The molecular weight excluding hydrogens is 169 g/mol. The Balaban J connectivity index is 2.59. The number of piperidine rings is 1. The fourth-order valence-corrected chi connectivity index (χ4v) is 1.59. The van der Waals surface area contributed by atoms with E-state index >= 15 is 0 Å². The highest BCUT2D eigenvalue weighted by Gasteiger charge is 2.44. The van der Waals surface area contributed by atoms with Crippen molar-refractivity contribution in [1.29, 1.82) is 0 Å². The second-order valence-electron chi connectivity index (χ2n) is 3.11. The molecule has 0 saturated carbocycles. The molecule has 1 saturated heterocycles. The molecule has 72 valence electrons. The Morgan fingerprint density at radius 3 is 2.50 bits per heavy atom. The first-order chi connectivity index (χ1) is 5.55. The molecule has 0 aliphatic carbocycles. The second-order valence-corrected chi connectivity index (χ2v) is 3.11. The monoisotopic (exact) mass is 182 g/mol. The normalized spacial score (nSPS) is 32.0. The average molecular weight is 182 g/mol. The highest BCUT2D eigenvalue weighted by atomic mass is 19.4. The largest absolute Gasteiger partial charge is 0.404 e. The predicted molar refractivity (Wildman–Crippen MR) is 39.6 cm³/mol. The van der Waals surface area contributed by atoms with Gasteiger partial charge < -0.3 is 11.1 Å². The third-order valence-corrected chi connectivity index (χ3v) is 2.24. The van der Waals surface area contributed by atoms with E-state index in [2.05, 4.69) is 5.32 Å². The van der Waals surface area contributed by atoms with Gasteiger partial charge in [-0.15, -0.1) is 0 Å². The first kappa shape index (κ1) is 9.80. The maximum atomic E-state index is 12.3. The molecule has 0 unspecified atom stereocenters. The van der Waals surface area contributed by atoms with Crippen LogP contribution < -0.4 is 11.1 Å². The summed E-state index contributed by atoms with van der Waals surface area (Å²) >= 11 is 0. The van der Waals surface area contributed by atoms with Crippen molar-refractivity contribution in [2.75, 3.05) is 13.1 Å². The molecule has 5 heteroatoms. The molecule has 1 aliphatic heterocycles. The van der Waals surface area contributed by atoms with Crippen LogP contribution in [0.1, 0.15) is 12.8 Å². The average Bonchev–Trinajstić information content (AvgIpc) is 2.03. The van der Waals surface area contributed by atoms with Gasteiger partial charge in [0.2, 0.25) is 0 Å². The van der Waals surface area contributed by atoms with Crippen molar-refractivity contribution in [3.8, 4) is 0 Å². The summed E-state index contributed by atoms with van der Waals surface area (Å²) in [7, 11) is 0. The number of nitrogens with one attached hydrogen (secondary N) is 1. The quantitative estimate of drug-likeness (QED) is 0.631. The van der Waals surface area contributed by atoms with Gasteiger partial charge in [0, 0.05) is 0 Å². The van der Waals surface area contributed by atoms with E-state index in [1.807, 2.05) is 0 Å². The van der Waals surface area contributed by atoms with E-state index in [0.29, 0.717) is 13.0 Å². The summed E-state index contributed by atoms with van der Waals surface area (Å²) < 4.78 is 36.8. The first-order valence-electron chi connectivity index (χ1n) is 4.06. The van der Waals surface area contributed by atoms with Crippen LogP contribution >= 0.6 is 0 Å². The summed E-state index contributed by atoms with van der Waals surface area (Å²) in [5.41, 5.74) is 5.25. The third kappa shape index (κ3) is 2.10. The molecule has 1 fully saturated rings. The van der Waals surface area contributed by atoms with Crippen LogP contribution in [0, 0.1) is 5.92 Å². The molecule has 0 aromatic carbocycles. The van der Waals surface area contributed by atoms with Crippen LogP contribution in [0.5, 0.6) is 0 Å². The van der Waals surface area contributed by atoms with Gasteiger partial charge in [-0.05, 0) is 31.8 Å². The van der Waals surface area contributed by atoms with Gasteiger partial charge >= 0.3 is 6.18 Å². The number of alkyl halides is 3. The first-order valence-corrected chi connectivity index (χ1v) is 4.06. The van der Waals surface area contributed by atoms with Gasteiger partial charge in [0.1, 0.15) is 6.04 Å². The van der Waals surface area contributed by atoms with Gasteiger partial charge in [-0.3, -0.25) is 0 Å². The summed E-state index contributed by atoms with van der Waals surface area (Å²) in [6, 6.07) is -1.39. The number of hydrogen-bond donors (Lipinski definition) is 2. The maximum Gasteiger partial charge on any atom is 0.404 e. The minimum Gasteiger partial charge on any atom is -0.330 e. The lowest BCUT2D eigenvalue weighted by atomic mass is 9.90. The molecule has 2 atom stereocenters. The highest BCUT2D eigenvalue weighted by Crippen LogP contribution is 2.29. The number of halogens is 3. The maximum absolute atomic E-state index is 12.3. The zero-order chi connectivity index (χ0) is 9.19. The molecule has 1 rings (SSSR count). The van der Waals surface area contributed by atoms with E-state index in [0.717, 1.165) is 6.42 Å². The van der Waals surface area contributed by atoms with Crippen molar-refractivity contribution in [3.05, 3.63) is 0 Å². The topological polar surface area (TPSA) is 38.0 Å². The van der Waals surface area contributed by atoms with Gasteiger partial charge in [0.05, 0.1) is 0 Å². The Morgan fingerprint density at radius 2 is 2.08 bits per heavy atom. The predicted octanol–water partition coefficient (Wildman–Crippen LogP) is 0.876. The molecule has 0 amide bonds. The lowest BCUT2D eigenvalue weighted by molar-refractivity contribution is -0.171. The van der Waals surface area contributed by atoms with Crippen LogP contribution in [-0.4, -0.2) is 25.3 Å². The molecule has 0 spiro atoms. The van der Waals surface area contributed by atoms with Gasteiger partial charge in [-0.25, -0.2) is 0 Å². The van der Waals surface area contributed by atoms with Crippen molar-refractivity contribution in [2.45, 2.75) is 25.1 Å². The molecule has 0 aromatic heterocycles. The van der Waals surface area contributed by atoms with Crippen molar-refractivity contribution in [2.24, 2.45) is 11.7 Å². The Bertz CT molecular complexity index is 146. The molecule has 12 heavy (non-hydrogen) atoms. The molecule has 3 N–H and O–H groups in total. The minimum atomic E-state index is -4.15. The summed E-state index contributed by atoms with van der Waals surface area (Å²) in [5, 5.41) is 2.46. The van der Waals surface area contributed by atoms with E-state index in [-0.39, 0.29) is 6.54 Å². The van der Waals surface area contributed by atoms with E-state index in [1.165, 1.54) is 0 Å². The SMILES string of the molecule is NC[C@@H]1CCCN[C@@H]1C(F)(F)F. The van der Waals surface area contributed by atoms with E-state index in [4.69, 9.17) is 5.73 Å². The molecule has 1 heterocycles. The van der Waals surface area contributed by atoms with Gasteiger partial charge in [-0.2, -0.15) is 13.2 Å².